The molecule has 3 heteroatoms. The molecule has 0 fully saturated rings. The lowest BCUT2D eigenvalue weighted by molar-refractivity contribution is 0.0600. The third kappa shape index (κ3) is 2.13. The summed E-state index contributed by atoms with van der Waals surface area (Å²) in [7, 11) is 1.31. The highest BCUT2D eigenvalue weighted by molar-refractivity contribution is 6.03. The molecule has 0 N–H and O–H groups in total. The maximum Gasteiger partial charge on any atom is 0.337 e. The molecule has 0 aliphatic carbocycles. The van der Waals surface area contributed by atoms with E-state index in [1.54, 1.807) is 24.3 Å². The molecule has 0 radical (unpaired) electrons. The molecule has 0 atom stereocenters. The van der Waals surface area contributed by atoms with Crippen LogP contribution in [-0.2, 0) is 4.74 Å². The largest absolute Gasteiger partial charge is 0.465 e. The average Bonchev–Trinajstić information content (AvgIpc) is 2.27. The summed E-state index contributed by atoms with van der Waals surface area (Å²) in [4.78, 5) is 22.2. The minimum atomic E-state index is -0.414. The second kappa shape index (κ2) is 4.46. The van der Waals surface area contributed by atoms with Gasteiger partial charge in [0, 0.05) is 12.1 Å². The van der Waals surface area contributed by atoms with Crippen LogP contribution in [0, 0.1) is 13.3 Å². The zero-order chi connectivity index (χ0) is 10.6. The van der Waals surface area contributed by atoms with Crippen LogP contribution in [0.25, 0.3) is 0 Å². The molecule has 72 valence electrons. The number of rotatable bonds is 3. The molecule has 0 saturated carbocycles. The fourth-order valence-electron chi connectivity index (χ4n) is 1.01. The van der Waals surface area contributed by atoms with E-state index in [1.807, 2.05) is 0 Å². The number of ketones is 1. The van der Waals surface area contributed by atoms with E-state index in [-0.39, 0.29) is 5.78 Å². The standard InChI is InChI=1S/C11H10O3/c1-3-10(12)8-4-6-9(7-5-8)11(13)14-2/h3-7H,1H2,2H3. The number of Topliss-reactive ketones (excluding diaryl/α,β-unsaturated/α-hetero) is 1. The molecule has 0 aliphatic heterocycles. The molecule has 0 amide bonds. The second-order valence-electron chi connectivity index (χ2n) is 2.64. The number of hydrogen-bond acceptors (Lipinski definition) is 3. The summed E-state index contributed by atoms with van der Waals surface area (Å²) in [5.41, 5.74) is 0.931. The average molecular weight is 190 g/mol. The van der Waals surface area contributed by atoms with Crippen LogP contribution in [0.3, 0.4) is 0 Å². The van der Waals surface area contributed by atoms with Crippen molar-refractivity contribution in [3.63, 3.8) is 0 Å². The molecular weight excluding hydrogens is 180 g/mol. The summed E-state index contributed by atoms with van der Waals surface area (Å²) >= 11 is 0. The molecule has 0 aliphatic rings. The molecule has 3 nitrogen and oxygen atoms in total. The SMILES string of the molecule is [CH2-][CH+]C(=O)c1ccc(C(=O)OC)cc1. The Balaban J connectivity index is 2.89. The molecular formula is C11H10O3. The predicted molar refractivity (Wildman–Crippen MR) is 51.8 cm³/mol. The maximum absolute atomic E-state index is 11.1. The van der Waals surface area contributed by atoms with Crippen molar-refractivity contribution in [2.45, 2.75) is 0 Å². The Morgan fingerprint density at radius 1 is 1.21 bits per heavy atom. The molecule has 0 heterocycles. The van der Waals surface area contributed by atoms with Crippen LogP contribution < -0.4 is 0 Å². The van der Waals surface area contributed by atoms with Gasteiger partial charge in [0.1, 0.15) is 0 Å². The Bertz CT molecular complexity index is 303. The van der Waals surface area contributed by atoms with E-state index in [2.05, 4.69) is 11.7 Å². The first-order valence-electron chi connectivity index (χ1n) is 4.04. The Hall–Kier alpha value is -1.77. The Labute approximate surface area is 82.7 Å². The van der Waals surface area contributed by atoms with E-state index in [0.29, 0.717) is 11.1 Å². The van der Waals surface area contributed by atoms with Gasteiger partial charge in [0.05, 0.1) is 12.7 Å². The van der Waals surface area contributed by atoms with Gasteiger partial charge in [-0.3, -0.25) is 0 Å². The first kappa shape index (κ1) is 10.3. The van der Waals surface area contributed by atoms with Gasteiger partial charge in [-0.2, -0.15) is 0 Å². The van der Waals surface area contributed by atoms with Gasteiger partial charge in [-0.25, -0.2) is 16.5 Å². The maximum atomic E-state index is 11.1. The summed E-state index contributed by atoms with van der Waals surface area (Å²) in [5.74, 6) is -0.580. The molecule has 1 aromatic carbocycles. The van der Waals surface area contributed by atoms with Gasteiger partial charge >= 0.3 is 11.8 Å². The van der Waals surface area contributed by atoms with Crippen molar-refractivity contribution in [1.82, 2.24) is 0 Å². The van der Waals surface area contributed by atoms with Crippen molar-refractivity contribution in [1.29, 1.82) is 0 Å². The summed E-state index contributed by atoms with van der Waals surface area (Å²) in [6, 6.07) is 6.22. The quantitative estimate of drug-likeness (QED) is 0.414. The molecule has 14 heavy (non-hydrogen) atoms. The van der Waals surface area contributed by atoms with Gasteiger partial charge in [-0.15, -0.1) is 0 Å². The first-order valence-corrected chi connectivity index (χ1v) is 4.04. The van der Waals surface area contributed by atoms with E-state index in [0.717, 1.165) is 0 Å². The molecule has 1 aromatic rings. The Kier molecular flexibility index (Phi) is 3.29. The fourth-order valence-corrected chi connectivity index (χ4v) is 1.01. The van der Waals surface area contributed by atoms with Crippen LogP contribution in [0.1, 0.15) is 20.7 Å². The van der Waals surface area contributed by atoms with Gasteiger partial charge in [0.25, 0.3) is 0 Å². The van der Waals surface area contributed by atoms with Crippen LogP contribution in [-0.4, -0.2) is 18.9 Å². The van der Waals surface area contributed by atoms with Crippen molar-refractivity contribution in [3.8, 4) is 0 Å². The Morgan fingerprint density at radius 2 is 1.71 bits per heavy atom. The van der Waals surface area contributed by atoms with Gasteiger partial charge in [0.15, 0.2) is 5.56 Å². The van der Waals surface area contributed by atoms with Crippen molar-refractivity contribution >= 4 is 11.8 Å². The minimum absolute atomic E-state index is 0.165. The zero-order valence-corrected chi connectivity index (χ0v) is 7.82. The van der Waals surface area contributed by atoms with Gasteiger partial charge in [-0.05, 0) is 12.1 Å². The Morgan fingerprint density at radius 3 is 2.14 bits per heavy atom. The van der Waals surface area contributed by atoms with Gasteiger partial charge < -0.3 is 4.74 Å². The van der Waals surface area contributed by atoms with Crippen LogP contribution in [0.2, 0.25) is 0 Å². The lowest BCUT2D eigenvalue weighted by atomic mass is 10.1. The van der Waals surface area contributed by atoms with Crippen LogP contribution in [0.15, 0.2) is 24.3 Å². The van der Waals surface area contributed by atoms with Gasteiger partial charge in [0.2, 0.25) is 0 Å². The van der Waals surface area contributed by atoms with Gasteiger partial charge in [-0.1, -0.05) is 6.42 Å². The third-order valence-corrected chi connectivity index (χ3v) is 1.78. The molecule has 0 saturated heterocycles. The number of methoxy groups -OCH3 is 1. The minimum Gasteiger partial charge on any atom is -0.465 e. The lowest BCUT2D eigenvalue weighted by Gasteiger charge is -1.97. The normalized spacial score (nSPS) is 9.29. The number of benzene rings is 1. The number of esters is 1. The second-order valence-corrected chi connectivity index (χ2v) is 2.64. The number of carbonyl (C=O) groups is 2. The smallest absolute Gasteiger partial charge is 0.337 e. The first-order chi connectivity index (χ1) is 6.69. The topological polar surface area (TPSA) is 43.4 Å². The monoisotopic (exact) mass is 190 g/mol. The van der Waals surface area contributed by atoms with Crippen molar-refractivity contribution in [2.24, 2.45) is 0 Å². The summed E-state index contributed by atoms with van der Waals surface area (Å²) < 4.78 is 4.52. The van der Waals surface area contributed by atoms with E-state index >= 15 is 0 Å². The lowest BCUT2D eigenvalue weighted by Crippen LogP contribution is -2.02. The number of carbonyl (C=O) groups excluding carboxylic acids is 2. The highest BCUT2D eigenvalue weighted by Crippen LogP contribution is 2.07. The highest BCUT2D eigenvalue weighted by atomic mass is 16.5. The van der Waals surface area contributed by atoms with Crippen LogP contribution in [0.4, 0.5) is 0 Å². The van der Waals surface area contributed by atoms with Crippen molar-refractivity contribution < 1.29 is 14.3 Å². The highest BCUT2D eigenvalue weighted by Gasteiger charge is 2.12. The fraction of sp³-hybridized carbons (Fsp3) is 0.0909. The summed E-state index contributed by atoms with van der Waals surface area (Å²) in [5, 5.41) is 0. The van der Waals surface area contributed by atoms with E-state index in [9.17, 15) is 9.59 Å². The predicted octanol–water partition coefficient (Wildman–Crippen LogP) is 1.69. The molecule has 0 unspecified atom stereocenters. The van der Waals surface area contributed by atoms with E-state index in [1.165, 1.54) is 13.5 Å². The molecule has 0 aromatic heterocycles. The summed E-state index contributed by atoms with van der Waals surface area (Å²) in [6.45, 7) is 3.37. The van der Waals surface area contributed by atoms with Crippen LogP contribution >= 0.6 is 0 Å². The number of hydrogen-bond donors (Lipinski definition) is 0. The number of ether oxygens (including phenoxy) is 1. The molecule has 1 rings (SSSR count). The molecule has 0 spiro atoms. The third-order valence-electron chi connectivity index (χ3n) is 1.78. The van der Waals surface area contributed by atoms with E-state index in [4.69, 9.17) is 0 Å². The zero-order valence-electron chi connectivity index (χ0n) is 7.82. The van der Waals surface area contributed by atoms with Crippen molar-refractivity contribution in [3.05, 3.63) is 48.7 Å². The van der Waals surface area contributed by atoms with E-state index < -0.39 is 5.97 Å². The van der Waals surface area contributed by atoms with Crippen LogP contribution in [0.5, 0.6) is 0 Å². The van der Waals surface area contributed by atoms with Crippen molar-refractivity contribution in [2.75, 3.05) is 7.11 Å². The summed E-state index contributed by atoms with van der Waals surface area (Å²) in [6.07, 6.45) is 1.23. The molecule has 0 bridgehead atoms.